The summed E-state index contributed by atoms with van der Waals surface area (Å²) in [6, 6.07) is 10.9. The second-order valence-corrected chi connectivity index (χ2v) is 5.55. The minimum Gasteiger partial charge on any atom is -0.389 e. The highest BCUT2D eigenvalue weighted by Crippen LogP contribution is 2.45. The van der Waals surface area contributed by atoms with Crippen LogP contribution in [0.2, 0.25) is 0 Å². The van der Waals surface area contributed by atoms with E-state index in [-0.39, 0.29) is 0 Å². The highest BCUT2D eigenvalue weighted by molar-refractivity contribution is 5.22. The fourth-order valence-electron chi connectivity index (χ4n) is 3.63. The fourth-order valence-corrected chi connectivity index (χ4v) is 3.63. The smallest absolute Gasteiger partial charge is 0.0706 e. The van der Waals surface area contributed by atoms with Crippen molar-refractivity contribution in [2.75, 3.05) is 6.54 Å². The molecule has 1 saturated carbocycles. The Bertz CT molecular complexity index is 374. The Balaban J connectivity index is 1.89. The molecule has 1 aliphatic carbocycles. The normalized spacial score (nSPS) is 37.5. The SMILES string of the molecule is O[C@@]12CCCC[C@H]1[C@@H](c1ccccc1)NCC2. The Morgan fingerprint density at radius 3 is 2.76 bits per heavy atom. The maximum Gasteiger partial charge on any atom is 0.0706 e. The van der Waals surface area contributed by atoms with Gasteiger partial charge in [0.2, 0.25) is 0 Å². The Morgan fingerprint density at radius 1 is 1.12 bits per heavy atom. The third-order valence-corrected chi connectivity index (χ3v) is 4.55. The summed E-state index contributed by atoms with van der Waals surface area (Å²) < 4.78 is 0. The Kier molecular flexibility index (Phi) is 2.93. The molecule has 1 saturated heterocycles. The van der Waals surface area contributed by atoms with Crippen molar-refractivity contribution in [3.8, 4) is 0 Å². The van der Waals surface area contributed by atoms with Gasteiger partial charge >= 0.3 is 0 Å². The van der Waals surface area contributed by atoms with Crippen molar-refractivity contribution in [3.63, 3.8) is 0 Å². The van der Waals surface area contributed by atoms with E-state index in [2.05, 4.69) is 35.6 Å². The van der Waals surface area contributed by atoms with Gasteiger partial charge < -0.3 is 10.4 Å². The van der Waals surface area contributed by atoms with Crippen LogP contribution in [0.15, 0.2) is 30.3 Å². The zero-order valence-corrected chi connectivity index (χ0v) is 10.2. The zero-order chi connectivity index (χ0) is 11.7. The van der Waals surface area contributed by atoms with E-state index in [4.69, 9.17) is 0 Å². The van der Waals surface area contributed by atoms with Crippen LogP contribution < -0.4 is 5.32 Å². The first kappa shape index (κ1) is 11.2. The van der Waals surface area contributed by atoms with Gasteiger partial charge in [0.25, 0.3) is 0 Å². The lowest BCUT2D eigenvalue weighted by Crippen LogP contribution is -2.53. The summed E-state index contributed by atoms with van der Waals surface area (Å²) in [6.07, 6.45) is 5.51. The van der Waals surface area contributed by atoms with Crippen molar-refractivity contribution in [1.82, 2.24) is 5.32 Å². The highest BCUT2D eigenvalue weighted by Gasteiger charge is 2.45. The monoisotopic (exact) mass is 231 g/mol. The molecule has 0 amide bonds. The molecule has 1 heterocycles. The first-order chi connectivity index (χ1) is 8.30. The standard InChI is InChI=1S/C15H21NO/c17-15-9-5-4-8-13(15)14(16-11-10-15)12-6-2-1-3-7-12/h1-3,6-7,13-14,16-17H,4-5,8-11H2/t13-,14+,15+/m0/s1. The number of benzene rings is 1. The number of nitrogens with one attached hydrogen (secondary N) is 1. The van der Waals surface area contributed by atoms with Gasteiger partial charge in [-0.3, -0.25) is 0 Å². The Labute approximate surface area is 103 Å². The van der Waals surface area contributed by atoms with Gasteiger partial charge in [0, 0.05) is 12.0 Å². The van der Waals surface area contributed by atoms with Crippen molar-refractivity contribution in [2.24, 2.45) is 5.92 Å². The van der Waals surface area contributed by atoms with Crippen molar-refractivity contribution in [2.45, 2.75) is 43.7 Å². The molecule has 0 radical (unpaired) electrons. The predicted octanol–water partition coefficient (Wildman–Crippen LogP) is 2.64. The minimum atomic E-state index is -0.413. The third-order valence-electron chi connectivity index (χ3n) is 4.55. The molecule has 1 aromatic rings. The lowest BCUT2D eigenvalue weighted by atomic mass is 9.67. The van der Waals surface area contributed by atoms with E-state index in [1.807, 2.05) is 0 Å². The van der Waals surface area contributed by atoms with Crippen LogP contribution >= 0.6 is 0 Å². The Hall–Kier alpha value is -0.860. The summed E-state index contributed by atoms with van der Waals surface area (Å²) in [5, 5.41) is 14.4. The number of aliphatic hydroxyl groups is 1. The van der Waals surface area contributed by atoms with Gasteiger partial charge in [-0.2, -0.15) is 0 Å². The average Bonchev–Trinajstić information content (AvgIpc) is 2.38. The first-order valence-corrected chi connectivity index (χ1v) is 6.80. The van der Waals surface area contributed by atoms with Crippen LogP contribution in [0.1, 0.15) is 43.7 Å². The average molecular weight is 231 g/mol. The van der Waals surface area contributed by atoms with E-state index in [9.17, 15) is 5.11 Å². The van der Waals surface area contributed by atoms with Gasteiger partial charge in [0.1, 0.15) is 0 Å². The van der Waals surface area contributed by atoms with E-state index in [1.54, 1.807) is 0 Å². The van der Waals surface area contributed by atoms with Gasteiger partial charge in [-0.15, -0.1) is 0 Å². The van der Waals surface area contributed by atoms with Crippen LogP contribution in [0.25, 0.3) is 0 Å². The molecule has 2 nitrogen and oxygen atoms in total. The summed E-state index contributed by atoms with van der Waals surface area (Å²) in [5.41, 5.74) is 0.918. The number of hydrogen-bond donors (Lipinski definition) is 2. The van der Waals surface area contributed by atoms with Crippen molar-refractivity contribution in [3.05, 3.63) is 35.9 Å². The highest BCUT2D eigenvalue weighted by atomic mass is 16.3. The summed E-state index contributed by atoms with van der Waals surface area (Å²) in [6.45, 7) is 0.937. The largest absolute Gasteiger partial charge is 0.389 e. The second-order valence-electron chi connectivity index (χ2n) is 5.55. The first-order valence-electron chi connectivity index (χ1n) is 6.80. The molecule has 92 valence electrons. The van der Waals surface area contributed by atoms with Crippen molar-refractivity contribution < 1.29 is 5.11 Å². The molecule has 0 aromatic heterocycles. The molecule has 0 bridgehead atoms. The molecular formula is C15H21NO. The summed E-state index contributed by atoms with van der Waals surface area (Å²) in [7, 11) is 0. The molecule has 0 unspecified atom stereocenters. The van der Waals surface area contributed by atoms with Crippen LogP contribution in [0.4, 0.5) is 0 Å². The Morgan fingerprint density at radius 2 is 1.94 bits per heavy atom. The maximum atomic E-state index is 10.8. The lowest BCUT2D eigenvalue weighted by Gasteiger charge is -2.48. The number of fused-ring (bicyclic) bond motifs is 1. The van der Waals surface area contributed by atoms with Gasteiger partial charge in [-0.25, -0.2) is 0 Å². The third kappa shape index (κ3) is 2.00. The van der Waals surface area contributed by atoms with E-state index in [0.29, 0.717) is 12.0 Å². The topological polar surface area (TPSA) is 32.3 Å². The molecule has 17 heavy (non-hydrogen) atoms. The van der Waals surface area contributed by atoms with E-state index in [0.717, 1.165) is 25.8 Å². The van der Waals surface area contributed by atoms with Gasteiger partial charge in [0.05, 0.1) is 5.60 Å². The lowest BCUT2D eigenvalue weighted by molar-refractivity contribution is -0.0861. The number of hydrogen-bond acceptors (Lipinski definition) is 2. The van der Waals surface area contributed by atoms with Gasteiger partial charge in [-0.05, 0) is 31.4 Å². The molecule has 0 spiro atoms. The summed E-state index contributed by atoms with van der Waals surface area (Å²) in [5.74, 6) is 0.396. The quantitative estimate of drug-likeness (QED) is 0.778. The summed E-state index contributed by atoms with van der Waals surface area (Å²) >= 11 is 0. The number of rotatable bonds is 1. The van der Waals surface area contributed by atoms with Crippen LogP contribution in [-0.4, -0.2) is 17.3 Å². The molecule has 2 fully saturated rings. The van der Waals surface area contributed by atoms with Gasteiger partial charge in [0.15, 0.2) is 0 Å². The summed E-state index contributed by atoms with van der Waals surface area (Å²) in [4.78, 5) is 0. The molecule has 2 N–H and O–H groups in total. The van der Waals surface area contributed by atoms with E-state index in [1.165, 1.54) is 18.4 Å². The van der Waals surface area contributed by atoms with Crippen molar-refractivity contribution in [1.29, 1.82) is 0 Å². The van der Waals surface area contributed by atoms with E-state index < -0.39 is 5.60 Å². The molecule has 3 rings (SSSR count). The fraction of sp³-hybridized carbons (Fsp3) is 0.600. The minimum absolute atomic E-state index is 0.343. The predicted molar refractivity (Wildman–Crippen MR) is 68.7 cm³/mol. The maximum absolute atomic E-state index is 10.8. The van der Waals surface area contributed by atoms with Crippen molar-refractivity contribution >= 4 is 0 Å². The molecule has 3 atom stereocenters. The molecule has 1 aliphatic heterocycles. The van der Waals surface area contributed by atoms with Crippen LogP contribution in [0, 0.1) is 5.92 Å². The molecule has 2 aliphatic rings. The van der Waals surface area contributed by atoms with Crippen LogP contribution in [0.3, 0.4) is 0 Å². The molecule has 2 heteroatoms. The second kappa shape index (κ2) is 4.43. The van der Waals surface area contributed by atoms with Crippen LogP contribution in [-0.2, 0) is 0 Å². The van der Waals surface area contributed by atoms with E-state index >= 15 is 0 Å². The number of piperidine rings is 1. The van der Waals surface area contributed by atoms with Crippen LogP contribution in [0.5, 0.6) is 0 Å². The van der Waals surface area contributed by atoms with Gasteiger partial charge in [-0.1, -0.05) is 43.2 Å². The molecule has 1 aromatic carbocycles. The zero-order valence-electron chi connectivity index (χ0n) is 10.2. The molecular weight excluding hydrogens is 210 g/mol.